The Bertz CT molecular complexity index is 399. The minimum Gasteiger partial charge on any atom is -0.338 e. The third kappa shape index (κ3) is 3.32. The van der Waals surface area contributed by atoms with E-state index < -0.39 is 0 Å². The van der Waals surface area contributed by atoms with Crippen molar-refractivity contribution < 1.29 is 4.79 Å². The maximum atomic E-state index is 12.3. The molecule has 1 aromatic rings. The van der Waals surface area contributed by atoms with Crippen LogP contribution >= 0.6 is 43.2 Å². The molecular weight excluding hydrogens is 366 g/mol. The van der Waals surface area contributed by atoms with Gasteiger partial charge >= 0.3 is 0 Å². The summed E-state index contributed by atoms with van der Waals surface area (Å²) in [7, 11) is 0. The van der Waals surface area contributed by atoms with E-state index in [1.54, 1.807) is 0 Å². The van der Waals surface area contributed by atoms with Crippen LogP contribution in [-0.2, 0) is 0 Å². The Morgan fingerprint density at radius 3 is 2.82 bits per heavy atom. The molecule has 0 aliphatic carbocycles. The second-order valence-electron chi connectivity index (χ2n) is 4.56. The third-order valence-corrected chi connectivity index (χ3v) is 6.40. The summed E-state index contributed by atoms with van der Waals surface area (Å²) in [5.41, 5.74) is 0. The van der Waals surface area contributed by atoms with Crippen LogP contribution in [0.25, 0.3) is 0 Å². The van der Waals surface area contributed by atoms with Gasteiger partial charge in [0.15, 0.2) is 0 Å². The van der Waals surface area contributed by atoms with Gasteiger partial charge in [0.1, 0.15) is 0 Å². The molecule has 1 aromatic heterocycles. The number of carbonyl (C=O) groups excluding carboxylic acids is 1. The SMILES string of the molecule is CC1CCCN(C(=O)c2cc(Br)c(Br)s2)CC1. The van der Waals surface area contributed by atoms with E-state index in [0.29, 0.717) is 0 Å². The Morgan fingerprint density at radius 2 is 2.18 bits per heavy atom. The molecule has 1 unspecified atom stereocenters. The number of hydrogen-bond acceptors (Lipinski definition) is 2. The molecule has 2 rings (SSSR count). The maximum Gasteiger partial charge on any atom is 0.264 e. The van der Waals surface area contributed by atoms with Crippen molar-refractivity contribution in [3.8, 4) is 0 Å². The summed E-state index contributed by atoms with van der Waals surface area (Å²) >= 11 is 8.36. The van der Waals surface area contributed by atoms with Gasteiger partial charge in [-0.2, -0.15) is 0 Å². The van der Waals surface area contributed by atoms with Gasteiger partial charge in [0.25, 0.3) is 5.91 Å². The number of amides is 1. The van der Waals surface area contributed by atoms with Crippen molar-refractivity contribution in [2.75, 3.05) is 13.1 Å². The van der Waals surface area contributed by atoms with Crippen molar-refractivity contribution in [3.05, 3.63) is 19.2 Å². The first kappa shape index (κ1) is 13.6. The molecule has 1 atom stereocenters. The topological polar surface area (TPSA) is 20.3 Å². The van der Waals surface area contributed by atoms with Gasteiger partial charge in [0.2, 0.25) is 0 Å². The van der Waals surface area contributed by atoms with E-state index in [1.165, 1.54) is 17.8 Å². The lowest BCUT2D eigenvalue weighted by molar-refractivity contribution is 0.0765. The van der Waals surface area contributed by atoms with Crippen LogP contribution in [0.5, 0.6) is 0 Å². The molecule has 94 valence electrons. The summed E-state index contributed by atoms with van der Waals surface area (Å²) in [4.78, 5) is 15.1. The molecule has 0 spiro atoms. The summed E-state index contributed by atoms with van der Waals surface area (Å²) in [5, 5.41) is 0. The first-order chi connectivity index (χ1) is 8.08. The molecule has 17 heavy (non-hydrogen) atoms. The van der Waals surface area contributed by atoms with Gasteiger partial charge in [0, 0.05) is 17.6 Å². The highest BCUT2D eigenvalue weighted by molar-refractivity contribution is 9.13. The van der Waals surface area contributed by atoms with Crippen molar-refractivity contribution in [2.24, 2.45) is 5.92 Å². The van der Waals surface area contributed by atoms with E-state index in [2.05, 4.69) is 38.8 Å². The van der Waals surface area contributed by atoms with E-state index in [-0.39, 0.29) is 5.91 Å². The van der Waals surface area contributed by atoms with Crippen molar-refractivity contribution in [2.45, 2.75) is 26.2 Å². The van der Waals surface area contributed by atoms with Gasteiger partial charge in [0.05, 0.1) is 8.66 Å². The van der Waals surface area contributed by atoms with E-state index in [9.17, 15) is 4.79 Å². The Balaban J connectivity index is 2.09. The van der Waals surface area contributed by atoms with E-state index >= 15 is 0 Å². The quantitative estimate of drug-likeness (QED) is 0.700. The molecule has 0 radical (unpaired) electrons. The van der Waals surface area contributed by atoms with Crippen molar-refractivity contribution >= 4 is 49.1 Å². The minimum absolute atomic E-state index is 0.176. The normalized spacial score (nSPS) is 21.4. The number of hydrogen-bond donors (Lipinski definition) is 0. The van der Waals surface area contributed by atoms with Crippen molar-refractivity contribution in [1.82, 2.24) is 4.90 Å². The lowest BCUT2D eigenvalue weighted by Gasteiger charge is -2.19. The van der Waals surface area contributed by atoms with Crippen LogP contribution in [0.15, 0.2) is 14.3 Å². The van der Waals surface area contributed by atoms with Crippen LogP contribution in [0.1, 0.15) is 35.9 Å². The molecule has 5 heteroatoms. The predicted octanol–water partition coefficient (Wildman–Crippen LogP) is 4.54. The molecule has 0 aromatic carbocycles. The predicted molar refractivity (Wildman–Crippen MR) is 78.6 cm³/mol. The fraction of sp³-hybridized carbons (Fsp3) is 0.583. The third-order valence-electron chi connectivity index (χ3n) is 3.16. The molecule has 0 saturated carbocycles. The molecular formula is C12H15Br2NOS. The highest BCUT2D eigenvalue weighted by Crippen LogP contribution is 2.33. The van der Waals surface area contributed by atoms with Gasteiger partial charge in [-0.05, 0) is 63.1 Å². The molecule has 1 fully saturated rings. The Hall–Kier alpha value is 0.130. The average Bonchev–Trinajstić information content (AvgIpc) is 2.51. The second kappa shape index (κ2) is 5.85. The molecule has 2 heterocycles. The standard InChI is InChI=1S/C12H15Br2NOS/c1-8-3-2-5-15(6-4-8)12(16)10-7-9(13)11(14)17-10/h7-8H,2-6H2,1H3. The minimum atomic E-state index is 0.176. The molecule has 0 N–H and O–H groups in total. The average molecular weight is 381 g/mol. The van der Waals surface area contributed by atoms with Gasteiger partial charge in [-0.15, -0.1) is 11.3 Å². The zero-order chi connectivity index (χ0) is 12.4. The lowest BCUT2D eigenvalue weighted by Crippen LogP contribution is -2.31. The van der Waals surface area contributed by atoms with Gasteiger partial charge in [-0.3, -0.25) is 4.79 Å². The maximum absolute atomic E-state index is 12.3. The van der Waals surface area contributed by atoms with Crippen LogP contribution in [0.4, 0.5) is 0 Å². The first-order valence-corrected chi connectivity index (χ1v) is 8.22. The number of halogens is 2. The highest BCUT2D eigenvalue weighted by Gasteiger charge is 2.21. The molecule has 0 bridgehead atoms. The smallest absolute Gasteiger partial charge is 0.264 e. The van der Waals surface area contributed by atoms with Gasteiger partial charge in [-0.1, -0.05) is 6.92 Å². The fourth-order valence-corrected chi connectivity index (χ4v) is 4.08. The molecule has 1 saturated heterocycles. The zero-order valence-corrected chi connectivity index (χ0v) is 13.7. The summed E-state index contributed by atoms with van der Waals surface area (Å²) in [6.45, 7) is 4.07. The molecule has 1 amide bonds. The van der Waals surface area contributed by atoms with E-state index in [1.807, 2.05) is 11.0 Å². The van der Waals surface area contributed by atoms with Crippen LogP contribution in [0.2, 0.25) is 0 Å². The number of carbonyl (C=O) groups is 1. The van der Waals surface area contributed by atoms with E-state index in [4.69, 9.17) is 0 Å². The number of likely N-dealkylation sites (tertiary alicyclic amines) is 1. The van der Waals surface area contributed by atoms with Gasteiger partial charge < -0.3 is 4.90 Å². The first-order valence-electron chi connectivity index (χ1n) is 5.82. The Labute approximate surface area is 123 Å². The highest BCUT2D eigenvalue weighted by atomic mass is 79.9. The second-order valence-corrected chi connectivity index (χ2v) is 7.79. The summed E-state index contributed by atoms with van der Waals surface area (Å²) in [6, 6.07) is 1.91. The molecule has 1 aliphatic heterocycles. The Morgan fingerprint density at radius 1 is 1.41 bits per heavy atom. The van der Waals surface area contributed by atoms with Crippen molar-refractivity contribution in [3.63, 3.8) is 0 Å². The summed E-state index contributed by atoms with van der Waals surface area (Å²) in [5.74, 6) is 0.921. The molecule has 2 nitrogen and oxygen atoms in total. The monoisotopic (exact) mass is 379 g/mol. The number of rotatable bonds is 1. The van der Waals surface area contributed by atoms with Crippen molar-refractivity contribution in [1.29, 1.82) is 0 Å². The zero-order valence-electron chi connectivity index (χ0n) is 9.71. The summed E-state index contributed by atoms with van der Waals surface area (Å²) in [6.07, 6.45) is 3.49. The fourth-order valence-electron chi connectivity index (χ4n) is 2.07. The lowest BCUT2D eigenvalue weighted by atomic mass is 10.0. The number of thiophene rings is 1. The largest absolute Gasteiger partial charge is 0.338 e. The van der Waals surface area contributed by atoms with Crippen LogP contribution in [0, 0.1) is 5.92 Å². The number of nitrogens with zero attached hydrogens (tertiary/aromatic N) is 1. The van der Waals surface area contributed by atoms with Gasteiger partial charge in [-0.25, -0.2) is 0 Å². The molecule has 1 aliphatic rings. The van der Waals surface area contributed by atoms with E-state index in [0.717, 1.165) is 45.0 Å². The van der Waals surface area contributed by atoms with Crippen LogP contribution in [-0.4, -0.2) is 23.9 Å². The summed E-state index contributed by atoms with van der Waals surface area (Å²) < 4.78 is 1.96. The van der Waals surface area contributed by atoms with Crippen LogP contribution in [0.3, 0.4) is 0 Å². The van der Waals surface area contributed by atoms with Crippen LogP contribution < -0.4 is 0 Å². The Kier molecular flexibility index (Phi) is 4.66.